The lowest BCUT2D eigenvalue weighted by atomic mass is 9.89. The van der Waals surface area contributed by atoms with Gasteiger partial charge < -0.3 is 40.4 Å². The highest BCUT2D eigenvalue weighted by molar-refractivity contribution is 5.90. The first-order chi connectivity index (χ1) is 26.5. The highest BCUT2D eigenvalue weighted by Crippen LogP contribution is 2.30. The highest BCUT2D eigenvalue weighted by atomic mass is 16.5. The van der Waals surface area contributed by atoms with Gasteiger partial charge in [-0.05, 0) is 43.2 Å². The molecule has 0 aliphatic carbocycles. The van der Waals surface area contributed by atoms with Crippen LogP contribution >= 0.6 is 0 Å². The van der Waals surface area contributed by atoms with E-state index in [0.717, 1.165) is 18.4 Å². The van der Waals surface area contributed by atoms with Gasteiger partial charge in [-0.1, -0.05) is 85.2 Å². The van der Waals surface area contributed by atoms with Crippen LogP contribution in [0.1, 0.15) is 79.7 Å². The Balaban J connectivity index is 2.29. The predicted molar refractivity (Wildman–Crippen MR) is 217 cm³/mol. The maximum Gasteiger partial charge on any atom is 0.328 e. The van der Waals surface area contributed by atoms with E-state index in [9.17, 15) is 24.0 Å². The van der Waals surface area contributed by atoms with Crippen molar-refractivity contribution in [3.05, 3.63) is 35.9 Å². The molecule has 1 fully saturated rings. The Morgan fingerprint density at radius 1 is 0.911 bits per heavy atom. The summed E-state index contributed by atoms with van der Waals surface area (Å²) < 4.78 is 17.0. The molecule has 1 heterocycles. The lowest BCUT2D eigenvalue weighted by Crippen LogP contribution is -2.60. The van der Waals surface area contributed by atoms with Crippen molar-refractivity contribution in [2.45, 2.75) is 123 Å². The molecule has 1 saturated heterocycles. The van der Waals surface area contributed by atoms with Gasteiger partial charge in [0.15, 0.2) is 0 Å². The number of nitrogens with two attached hydrogens (primary N) is 1. The number of amides is 4. The number of hydrogen-bond donors (Lipinski definition) is 3. The highest BCUT2D eigenvalue weighted by Gasteiger charge is 2.43. The molecule has 56 heavy (non-hydrogen) atoms. The molecule has 0 bridgehead atoms. The maximum atomic E-state index is 14.3. The second kappa shape index (κ2) is 23.6. The Hall–Kier alpha value is -3.59. The molecule has 14 nitrogen and oxygen atoms in total. The Morgan fingerprint density at radius 3 is 2.07 bits per heavy atom. The second-order valence-corrected chi connectivity index (χ2v) is 16.1. The number of carbonyl (C=O) groups excluding carboxylic acids is 5. The molecule has 0 radical (unpaired) electrons. The fourth-order valence-corrected chi connectivity index (χ4v) is 8.12. The number of hydrogen-bond acceptors (Lipinski definition) is 10. The van der Waals surface area contributed by atoms with Crippen LogP contribution < -0.4 is 16.4 Å². The minimum absolute atomic E-state index is 0.00383. The first kappa shape index (κ1) is 48.6. The number of rotatable bonds is 23. The second-order valence-electron chi connectivity index (χ2n) is 16.1. The smallest absolute Gasteiger partial charge is 0.328 e. The minimum Gasteiger partial charge on any atom is -0.467 e. The summed E-state index contributed by atoms with van der Waals surface area (Å²) >= 11 is 0. The SMILES string of the molecule is CC[C@H](C)C([C@@H](CC(=O)N1CCC[C@H]1[C@H](OC)[C@@H](C)C(=O)N[C@@H](Cc1ccccc1)C(=O)OC)OC)N(C)C(=O)[C@@H](NC(=O)C(C(C)C)N(C)CCN)C(C)C. The molecular weight excluding hydrogens is 716 g/mol. The van der Waals surface area contributed by atoms with Crippen LogP contribution in [0.3, 0.4) is 0 Å². The van der Waals surface area contributed by atoms with E-state index in [1.165, 1.54) is 14.2 Å². The van der Waals surface area contributed by atoms with E-state index in [2.05, 4.69) is 10.6 Å². The molecule has 318 valence electrons. The third kappa shape index (κ3) is 13.0. The molecule has 4 amide bonds. The average Bonchev–Trinajstić information content (AvgIpc) is 3.65. The van der Waals surface area contributed by atoms with Crippen molar-refractivity contribution in [1.82, 2.24) is 25.3 Å². The summed E-state index contributed by atoms with van der Waals surface area (Å²) in [5.74, 6) is -2.57. The molecule has 9 atom stereocenters. The summed E-state index contributed by atoms with van der Waals surface area (Å²) in [7, 11) is 7.94. The van der Waals surface area contributed by atoms with Crippen molar-refractivity contribution in [2.24, 2.45) is 29.4 Å². The van der Waals surface area contributed by atoms with Crippen molar-refractivity contribution < 1.29 is 38.2 Å². The van der Waals surface area contributed by atoms with E-state index in [1.807, 2.05) is 83.8 Å². The van der Waals surface area contributed by atoms with Crippen LogP contribution in [0, 0.1) is 23.7 Å². The molecule has 0 spiro atoms. The van der Waals surface area contributed by atoms with Crippen molar-refractivity contribution in [3.63, 3.8) is 0 Å². The van der Waals surface area contributed by atoms with Gasteiger partial charge in [0.1, 0.15) is 12.1 Å². The molecular formula is C42H72N6O8. The van der Waals surface area contributed by atoms with Crippen LogP contribution in [-0.4, -0.2) is 142 Å². The molecule has 1 aliphatic rings. The zero-order valence-electron chi connectivity index (χ0n) is 36.1. The minimum atomic E-state index is -0.895. The van der Waals surface area contributed by atoms with E-state index in [1.54, 1.807) is 30.9 Å². The zero-order valence-corrected chi connectivity index (χ0v) is 36.1. The van der Waals surface area contributed by atoms with Gasteiger partial charge in [0.05, 0.1) is 49.8 Å². The number of likely N-dealkylation sites (N-methyl/N-ethyl adjacent to an activating group) is 2. The third-order valence-corrected chi connectivity index (χ3v) is 11.4. The predicted octanol–water partition coefficient (Wildman–Crippen LogP) is 2.86. The Kier molecular flexibility index (Phi) is 20.5. The van der Waals surface area contributed by atoms with Crippen LogP contribution in [0.25, 0.3) is 0 Å². The summed E-state index contributed by atoms with van der Waals surface area (Å²) in [5.41, 5.74) is 6.66. The Bertz CT molecular complexity index is 1400. The molecule has 2 rings (SSSR count). The van der Waals surface area contributed by atoms with Gasteiger partial charge in [-0.15, -0.1) is 0 Å². The molecule has 0 saturated carbocycles. The first-order valence-electron chi connectivity index (χ1n) is 20.2. The van der Waals surface area contributed by atoms with Gasteiger partial charge in [-0.3, -0.25) is 24.1 Å². The van der Waals surface area contributed by atoms with Crippen LogP contribution in [0.15, 0.2) is 30.3 Å². The van der Waals surface area contributed by atoms with Crippen molar-refractivity contribution in [1.29, 1.82) is 0 Å². The van der Waals surface area contributed by atoms with Gasteiger partial charge in [0.2, 0.25) is 23.6 Å². The topological polar surface area (TPSA) is 173 Å². The molecule has 1 aromatic rings. The fourth-order valence-electron chi connectivity index (χ4n) is 8.12. The van der Waals surface area contributed by atoms with Crippen molar-refractivity contribution in [2.75, 3.05) is 55.1 Å². The molecule has 4 N–H and O–H groups in total. The quantitative estimate of drug-likeness (QED) is 0.140. The Morgan fingerprint density at radius 2 is 1.55 bits per heavy atom. The number of ether oxygens (including phenoxy) is 3. The van der Waals surface area contributed by atoms with E-state index in [4.69, 9.17) is 19.9 Å². The van der Waals surface area contributed by atoms with Gasteiger partial charge in [0.25, 0.3) is 0 Å². The van der Waals surface area contributed by atoms with Gasteiger partial charge in [-0.25, -0.2) is 4.79 Å². The molecule has 14 heteroatoms. The number of likely N-dealkylation sites (tertiary alicyclic amines) is 1. The van der Waals surface area contributed by atoms with Crippen LogP contribution in [0.5, 0.6) is 0 Å². The lowest BCUT2D eigenvalue weighted by molar-refractivity contribution is -0.149. The number of benzene rings is 1. The normalized spacial score (nSPS) is 18.8. The summed E-state index contributed by atoms with van der Waals surface area (Å²) in [6.07, 6.45) is 1.02. The summed E-state index contributed by atoms with van der Waals surface area (Å²) in [4.78, 5) is 73.9. The van der Waals surface area contributed by atoms with E-state index in [-0.39, 0.29) is 54.2 Å². The zero-order chi connectivity index (χ0) is 42.3. The summed E-state index contributed by atoms with van der Waals surface area (Å²) in [6.45, 7) is 15.0. The number of esters is 1. The van der Waals surface area contributed by atoms with Gasteiger partial charge in [-0.2, -0.15) is 0 Å². The van der Waals surface area contributed by atoms with Gasteiger partial charge in [0, 0.05) is 47.3 Å². The van der Waals surface area contributed by atoms with E-state index < -0.39 is 54.3 Å². The molecule has 2 unspecified atom stereocenters. The average molecular weight is 789 g/mol. The molecule has 1 aliphatic heterocycles. The molecule has 1 aromatic carbocycles. The first-order valence-corrected chi connectivity index (χ1v) is 20.2. The van der Waals surface area contributed by atoms with Crippen LogP contribution in [0.2, 0.25) is 0 Å². The van der Waals surface area contributed by atoms with Crippen LogP contribution in [0.4, 0.5) is 0 Å². The standard InChI is InChI=1S/C42H72N6O8/c1-13-28(6)37(47(9)41(52)35(26(2)3)45-40(51)36(27(4)5)46(8)23-21-43)33(54-10)25-34(49)48-22-17-20-32(48)38(55-11)29(7)39(50)44-31(42(53)56-12)24-30-18-15-14-16-19-30/h14-16,18-19,26-29,31-33,35-38H,13,17,20-25,43H2,1-12H3,(H,44,50)(H,45,51)/t28-,29+,31-,32-,33+,35-,36?,37?,38+/m0/s1. The monoisotopic (exact) mass is 789 g/mol. The van der Waals surface area contributed by atoms with Crippen molar-refractivity contribution in [3.8, 4) is 0 Å². The number of methoxy groups -OCH3 is 3. The lowest BCUT2D eigenvalue weighted by Gasteiger charge is -2.41. The number of nitrogens with one attached hydrogen (secondary N) is 2. The van der Waals surface area contributed by atoms with E-state index in [0.29, 0.717) is 26.1 Å². The van der Waals surface area contributed by atoms with Gasteiger partial charge >= 0.3 is 5.97 Å². The maximum absolute atomic E-state index is 14.3. The fraction of sp³-hybridized carbons (Fsp3) is 0.738. The summed E-state index contributed by atoms with van der Waals surface area (Å²) in [6, 6.07) is 6.33. The Labute approximate surface area is 335 Å². The largest absolute Gasteiger partial charge is 0.467 e. The summed E-state index contributed by atoms with van der Waals surface area (Å²) in [5, 5.41) is 5.91. The van der Waals surface area contributed by atoms with E-state index >= 15 is 0 Å². The van der Waals surface area contributed by atoms with Crippen molar-refractivity contribution >= 4 is 29.6 Å². The van der Waals surface area contributed by atoms with Crippen LogP contribution in [-0.2, 0) is 44.6 Å². The molecule has 0 aromatic heterocycles. The third-order valence-electron chi connectivity index (χ3n) is 11.4. The number of carbonyl (C=O) groups is 5. The number of nitrogens with zero attached hydrogens (tertiary/aromatic N) is 3.